The molecule has 0 aromatic heterocycles. The molecule has 6 rings (SSSR count). The number of ether oxygens (including phenoxy) is 2. The van der Waals surface area contributed by atoms with Gasteiger partial charge in [0.25, 0.3) is 17.7 Å². The van der Waals surface area contributed by atoms with Gasteiger partial charge in [-0.05, 0) is 95.3 Å². The van der Waals surface area contributed by atoms with Gasteiger partial charge in [0.1, 0.15) is 17.5 Å². The molecule has 1 atom stereocenters. The van der Waals surface area contributed by atoms with E-state index in [4.69, 9.17) is 9.47 Å². The fourth-order valence-electron chi connectivity index (χ4n) is 5.90. The van der Waals surface area contributed by atoms with Crippen molar-refractivity contribution in [2.24, 2.45) is 0 Å². The molecule has 1 fully saturated rings. The molecule has 2 aliphatic heterocycles. The fourth-order valence-corrected chi connectivity index (χ4v) is 5.90. The molecule has 250 valence electrons. The highest BCUT2D eigenvalue weighted by atomic mass is 16.5. The van der Waals surface area contributed by atoms with Gasteiger partial charge in [-0.15, -0.1) is 0 Å². The summed E-state index contributed by atoms with van der Waals surface area (Å²) in [6.45, 7) is 2.75. The number of carbonyl (C=O) groups is 3. The minimum atomic E-state index is -0.848. The Kier molecular flexibility index (Phi) is 10.1. The predicted molar refractivity (Wildman–Crippen MR) is 188 cm³/mol. The molecule has 2 aliphatic rings. The highest BCUT2D eigenvalue weighted by Crippen LogP contribution is 2.33. The van der Waals surface area contributed by atoms with E-state index in [0.717, 1.165) is 49.5 Å². The van der Waals surface area contributed by atoms with E-state index in [9.17, 15) is 19.5 Å². The molecule has 4 aromatic carbocycles. The zero-order chi connectivity index (χ0) is 34.3. The number of phenolic OH excluding ortho intramolecular Hbond substituents is 1. The summed E-state index contributed by atoms with van der Waals surface area (Å²) in [7, 11) is 3.32. The Morgan fingerprint density at radius 2 is 1.67 bits per heavy atom. The first kappa shape index (κ1) is 33.0. The molecule has 4 N–H and O–H groups in total. The molecule has 0 radical (unpaired) electrons. The van der Waals surface area contributed by atoms with Crippen LogP contribution >= 0.6 is 0 Å². The van der Waals surface area contributed by atoms with E-state index in [1.54, 1.807) is 74.9 Å². The summed E-state index contributed by atoms with van der Waals surface area (Å²) in [4.78, 5) is 41.0. The van der Waals surface area contributed by atoms with Crippen LogP contribution in [0.25, 0.3) is 12.2 Å². The van der Waals surface area contributed by atoms with Crippen LogP contribution in [0.3, 0.4) is 0 Å². The Labute approximate surface area is 285 Å². The first-order valence-corrected chi connectivity index (χ1v) is 16.0. The number of methoxy groups -OCH3 is 2. The Hall–Kier alpha value is -5.87. The van der Waals surface area contributed by atoms with Crippen molar-refractivity contribution >= 4 is 35.6 Å². The number of hydrogen-bond acceptors (Lipinski definition) is 7. The predicted octanol–water partition coefficient (Wildman–Crippen LogP) is 4.93. The van der Waals surface area contributed by atoms with Crippen LogP contribution < -0.4 is 25.4 Å². The average Bonchev–Trinajstić information content (AvgIpc) is 3.12. The lowest BCUT2D eigenvalue weighted by atomic mass is 9.98. The summed E-state index contributed by atoms with van der Waals surface area (Å²) in [5.41, 5.74) is 6.27. The van der Waals surface area contributed by atoms with Crippen molar-refractivity contribution in [1.82, 2.24) is 15.5 Å². The number of aromatic hydroxyl groups is 1. The number of phenols is 1. The van der Waals surface area contributed by atoms with Gasteiger partial charge in [-0.3, -0.25) is 19.3 Å². The van der Waals surface area contributed by atoms with E-state index in [0.29, 0.717) is 16.8 Å². The maximum Gasteiger partial charge on any atom is 0.268 e. The van der Waals surface area contributed by atoms with E-state index < -0.39 is 11.9 Å². The lowest BCUT2D eigenvalue weighted by Gasteiger charge is -2.29. The lowest BCUT2D eigenvalue weighted by molar-refractivity contribution is -0.129. The topological polar surface area (TPSA) is 129 Å². The summed E-state index contributed by atoms with van der Waals surface area (Å²) in [6, 6.07) is 24.5. The van der Waals surface area contributed by atoms with Gasteiger partial charge < -0.3 is 30.5 Å². The number of amides is 3. The summed E-state index contributed by atoms with van der Waals surface area (Å²) >= 11 is 0. The zero-order valence-electron chi connectivity index (χ0n) is 27.4. The molecule has 0 aliphatic carbocycles. The largest absolute Gasteiger partial charge is 0.508 e. The summed E-state index contributed by atoms with van der Waals surface area (Å²) in [5.74, 6) is 0.537. The third kappa shape index (κ3) is 8.17. The molecule has 49 heavy (non-hydrogen) atoms. The van der Waals surface area contributed by atoms with E-state index >= 15 is 0 Å². The Bertz CT molecular complexity index is 1920. The second kappa shape index (κ2) is 14.9. The molecule has 0 spiro atoms. The molecule has 0 saturated carbocycles. The maximum atomic E-state index is 13.1. The normalized spacial score (nSPS) is 16.9. The van der Waals surface area contributed by atoms with Crippen molar-refractivity contribution in [2.45, 2.75) is 25.4 Å². The van der Waals surface area contributed by atoms with Crippen molar-refractivity contribution in [3.8, 4) is 17.2 Å². The molecular formula is C39H38N4O6. The van der Waals surface area contributed by atoms with Gasteiger partial charge in [-0.2, -0.15) is 0 Å². The fraction of sp³-hybridized carbons (Fsp3) is 0.205. The lowest BCUT2D eigenvalue weighted by Crippen LogP contribution is -2.53. The maximum absolute atomic E-state index is 13.1. The number of carbonyl (C=O) groups excluding carboxylic acids is 3. The van der Waals surface area contributed by atoms with E-state index in [1.165, 1.54) is 22.8 Å². The Morgan fingerprint density at radius 3 is 2.41 bits per heavy atom. The molecule has 1 unspecified atom stereocenters. The molecule has 3 amide bonds. The third-order valence-corrected chi connectivity index (χ3v) is 8.63. The zero-order valence-corrected chi connectivity index (χ0v) is 27.4. The molecule has 10 heteroatoms. The standard InChI is InChI=1S/C39H38N4O6/c1-48-35-22-28-17-19-43(24-30(28)23-36(35)49-2)18-16-26-6-11-31(12-7-26)40-37(45)29-5-3-4-27(20-29)21-34-39(47)41-33(38(46)42-34)15-10-25-8-13-32(44)14-9-25/h3-15,20-23,33,44H,16-19,24H2,1-2H3,(H,40,45)(H,41,47)(H,42,46). The van der Waals surface area contributed by atoms with Crippen LogP contribution in [-0.4, -0.2) is 61.1 Å². The van der Waals surface area contributed by atoms with Gasteiger partial charge in [-0.25, -0.2) is 0 Å². The highest BCUT2D eigenvalue weighted by molar-refractivity contribution is 6.08. The molecule has 10 nitrogen and oxygen atoms in total. The number of rotatable bonds is 10. The number of nitrogens with zero attached hydrogens (tertiary/aromatic N) is 1. The van der Waals surface area contributed by atoms with Crippen LogP contribution in [0.15, 0.2) is 96.7 Å². The number of piperazine rings is 1. The SMILES string of the molecule is COc1cc2c(cc1OC)CN(CCc1ccc(NC(=O)c3cccc(C=C4NC(=O)C(C=Cc5ccc(O)cc5)NC4=O)c3)cc1)CC2. The van der Waals surface area contributed by atoms with Crippen LogP contribution in [-0.2, 0) is 29.0 Å². The quantitative estimate of drug-likeness (QED) is 0.178. The van der Waals surface area contributed by atoms with Gasteiger partial charge in [0.2, 0.25) is 0 Å². The summed E-state index contributed by atoms with van der Waals surface area (Å²) < 4.78 is 10.9. The molecule has 0 bridgehead atoms. The first-order chi connectivity index (χ1) is 23.8. The van der Waals surface area contributed by atoms with Gasteiger partial charge in [0.05, 0.1) is 14.2 Å². The third-order valence-electron chi connectivity index (χ3n) is 8.63. The number of anilines is 1. The second-order valence-electron chi connectivity index (χ2n) is 12.0. The van der Waals surface area contributed by atoms with E-state index in [1.807, 2.05) is 24.3 Å². The van der Waals surface area contributed by atoms with E-state index in [2.05, 4.69) is 33.0 Å². The monoisotopic (exact) mass is 658 g/mol. The van der Waals surface area contributed by atoms with Gasteiger partial charge in [-0.1, -0.05) is 48.6 Å². The Morgan fingerprint density at radius 1 is 0.939 bits per heavy atom. The molecular weight excluding hydrogens is 620 g/mol. The van der Waals surface area contributed by atoms with Crippen LogP contribution in [0.2, 0.25) is 0 Å². The molecule has 4 aromatic rings. The molecule has 2 heterocycles. The average molecular weight is 659 g/mol. The number of benzene rings is 4. The van der Waals surface area contributed by atoms with Crippen LogP contribution in [0, 0.1) is 0 Å². The number of nitrogens with one attached hydrogen (secondary N) is 3. The summed E-state index contributed by atoms with van der Waals surface area (Å²) in [6.07, 6.45) is 6.65. The van der Waals surface area contributed by atoms with Crippen LogP contribution in [0.1, 0.15) is 38.2 Å². The Balaban J connectivity index is 1.02. The highest BCUT2D eigenvalue weighted by Gasteiger charge is 2.28. The van der Waals surface area contributed by atoms with Crippen molar-refractivity contribution in [3.63, 3.8) is 0 Å². The molecule has 1 saturated heterocycles. The minimum absolute atomic E-state index is 0.0844. The van der Waals surface area contributed by atoms with Crippen molar-refractivity contribution < 1.29 is 29.0 Å². The van der Waals surface area contributed by atoms with Crippen molar-refractivity contribution in [2.75, 3.05) is 32.6 Å². The summed E-state index contributed by atoms with van der Waals surface area (Å²) in [5, 5.41) is 17.7. The second-order valence-corrected chi connectivity index (χ2v) is 12.0. The van der Waals surface area contributed by atoms with Crippen LogP contribution in [0.5, 0.6) is 17.2 Å². The smallest absolute Gasteiger partial charge is 0.268 e. The number of hydrogen-bond donors (Lipinski definition) is 4. The van der Waals surface area contributed by atoms with Crippen molar-refractivity contribution in [3.05, 3.63) is 130 Å². The van der Waals surface area contributed by atoms with E-state index in [-0.39, 0.29) is 23.3 Å². The van der Waals surface area contributed by atoms with Crippen molar-refractivity contribution in [1.29, 1.82) is 0 Å². The van der Waals surface area contributed by atoms with Gasteiger partial charge in [0, 0.05) is 30.9 Å². The van der Waals surface area contributed by atoms with Gasteiger partial charge >= 0.3 is 0 Å². The van der Waals surface area contributed by atoms with Gasteiger partial charge in [0.15, 0.2) is 11.5 Å². The van der Waals surface area contributed by atoms with Crippen LogP contribution in [0.4, 0.5) is 5.69 Å². The number of fused-ring (bicyclic) bond motifs is 1. The minimum Gasteiger partial charge on any atom is -0.508 e. The first-order valence-electron chi connectivity index (χ1n) is 16.0.